The Labute approximate surface area is 180 Å². The summed E-state index contributed by atoms with van der Waals surface area (Å²) in [5.41, 5.74) is 4.43. The summed E-state index contributed by atoms with van der Waals surface area (Å²) in [6.45, 7) is 10.8. The molecule has 0 radical (unpaired) electrons. The number of nitrogens with zero attached hydrogens (tertiary/aromatic N) is 3. The summed E-state index contributed by atoms with van der Waals surface area (Å²) in [5.74, 6) is 1.43. The van der Waals surface area contributed by atoms with Gasteiger partial charge in [0.05, 0.1) is 32.6 Å². The lowest BCUT2D eigenvalue weighted by Crippen LogP contribution is -2.41. The van der Waals surface area contributed by atoms with Crippen LogP contribution >= 0.6 is 11.8 Å². The van der Waals surface area contributed by atoms with E-state index in [9.17, 15) is 4.79 Å². The first-order valence-electron chi connectivity index (χ1n) is 9.88. The average Bonchev–Trinajstić information content (AvgIpc) is 3.16. The zero-order valence-electron chi connectivity index (χ0n) is 17.1. The summed E-state index contributed by atoms with van der Waals surface area (Å²) >= 11 is 1.66. The molecule has 156 valence electrons. The van der Waals surface area contributed by atoms with Gasteiger partial charge in [-0.1, -0.05) is 37.4 Å². The van der Waals surface area contributed by atoms with Gasteiger partial charge in [-0.05, 0) is 17.7 Å². The number of amides is 1. The van der Waals surface area contributed by atoms with E-state index >= 15 is 0 Å². The minimum Gasteiger partial charge on any atom is -0.497 e. The maximum Gasteiger partial charge on any atom is 0.274 e. The highest BCUT2D eigenvalue weighted by molar-refractivity contribution is 8.02. The van der Waals surface area contributed by atoms with Crippen LogP contribution in [0.1, 0.15) is 27.3 Å². The van der Waals surface area contributed by atoms with Gasteiger partial charge in [0.25, 0.3) is 5.91 Å². The molecule has 1 fully saturated rings. The van der Waals surface area contributed by atoms with Crippen molar-refractivity contribution >= 4 is 23.2 Å². The molecule has 1 aromatic carbocycles. The third-order valence-corrected chi connectivity index (χ3v) is 6.43. The van der Waals surface area contributed by atoms with Crippen molar-refractivity contribution in [2.45, 2.75) is 12.3 Å². The fourth-order valence-electron chi connectivity index (χ4n) is 3.79. The number of allylic oxidation sites excluding steroid dienone is 3. The lowest BCUT2D eigenvalue weighted by molar-refractivity contribution is 0.0298. The standard InChI is InChI=1S/C23H25N3O3S/c1-4-18-20(5-2)30-15-19-21(23(27)25-9-11-29-12-10-25)24-26(22(18)19)14-16-7-6-8-17(13-16)28-3/h4-8,13H,1-2,9-12,14-15H2,3H3. The molecule has 0 bridgehead atoms. The van der Waals surface area contributed by atoms with Gasteiger partial charge in [0.1, 0.15) is 5.75 Å². The minimum atomic E-state index is -0.0370. The lowest BCUT2D eigenvalue weighted by atomic mass is 10.0. The third-order valence-electron chi connectivity index (χ3n) is 5.30. The van der Waals surface area contributed by atoms with Gasteiger partial charge in [0.15, 0.2) is 5.69 Å². The summed E-state index contributed by atoms with van der Waals surface area (Å²) in [7, 11) is 1.65. The van der Waals surface area contributed by atoms with Crippen molar-refractivity contribution in [1.82, 2.24) is 14.7 Å². The van der Waals surface area contributed by atoms with E-state index in [4.69, 9.17) is 14.6 Å². The SMILES string of the molecule is C=CC1=C(C=C)c2c(c(C(=O)N3CCOCC3)nn2Cc2cccc(OC)c2)CS1. The highest BCUT2D eigenvalue weighted by Gasteiger charge is 2.31. The zero-order chi connectivity index (χ0) is 21.1. The number of hydrogen-bond donors (Lipinski definition) is 0. The number of fused-ring (bicyclic) bond motifs is 1. The van der Waals surface area contributed by atoms with E-state index in [0.717, 1.165) is 33.0 Å². The second-order valence-electron chi connectivity index (χ2n) is 7.06. The van der Waals surface area contributed by atoms with Crippen LogP contribution in [0.15, 0.2) is 54.5 Å². The maximum absolute atomic E-state index is 13.3. The van der Waals surface area contributed by atoms with Crippen LogP contribution < -0.4 is 4.74 Å². The molecule has 2 aliphatic rings. The van der Waals surface area contributed by atoms with Crippen molar-refractivity contribution < 1.29 is 14.3 Å². The Morgan fingerprint density at radius 3 is 2.80 bits per heavy atom. The Bertz CT molecular complexity index is 1020. The van der Waals surface area contributed by atoms with Gasteiger partial charge < -0.3 is 14.4 Å². The number of thioether (sulfide) groups is 1. The fraction of sp³-hybridized carbons (Fsp3) is 0.304. The van der Waals surface area contributed by atoms with E-state index in [-0.39, 0.29) is 5.91 Å². The van der Waals surface area contributed by atoms with Crippen molar-refractivity contribution in [2.75, 3.05) is 33.4 Å². The molecule has 4 rings (SSSR count). The van der Waals surface area contributed by atoms with Gasteiger partial charge in [0.2, 0.25) is 0 Å². The van der Waals surface area contributed by atoms with Crippen LogP contribution in [0, 0.1) is 0 Å². The van der Waals surface area contributed by atoms with Crippen LogP contribution in [0.5, 0.6) is 5.75 Å². The molecule has 7 heteroatoms. The second kappa shape index (κ2) is 8.93. The molecule has 6 nitrogen and oxygen atoms in total. The van der Waals surface area contributed by atoms with Gasteiger partial charge in [-0.25, -0.2) is 0 Å². The quantitative estimate of drug-likeness (QED) is 0.708. The topological polar surface area (TPSA) is 56.6 Å². The highest BCUT2D eigenvalue weighted by atomic mass is 32.2. The number of aromatic nitrogens is 2. The lowest BCUT2D eigenvalue weighted by Gasteiger charge is -2.26. The van der Waals surface area contributed by atoms with E-state index in [0.29, 0.717) is 44.3 Å². The number of morpholine rings is 1. The van der Waals surface area contributed by atoms with Gasteiger partial charge >= 0.3 is 0 Å². The number of benzene rings is 1. The molecular formula is C23H25N3O3S. The van der Waals surface area contributed by atoms with Crippen molar-refractivity contribution in [3.63, 3.8) is 0 Å². The van der Waals surface area contributed by atoms with Crippen LogP contribution in [0.3, 0.4) is 0 Å². The van der Waals surface area contributed by atoms with Crippen molar-refractivity contribution in [3.05, 3.63) is 77.0 Å². The smallest absolute Gasteiger partial charge is 0.274 e. The molecular weight excluding hydrogens is 398 g/mol. The molecule has 3 heterocycles. The Kier molecular flexibility index (Phi) is 6.11. The summed E-state index contributed by atoms with van der Waals surface area (Å²) in [6, 6.07) is 7.89. The summed E-state index contributed by atoms with van der Waals surface area (Å²) in [6.07, 6.45) is 3.67. The second-order valence-corrected chi connectivity index (χ2v) is 8.08. The maximum atomic E-state index is 13.3. The van der Waals surface area contributed by atoms with Crippen molar-refractivity contribution in [3.8, 4) is 5.75 Å². The first-order valence-corrected chi connectivity index (χ1v) is 10.9. The molecule has 0 unspecified atom stereocenters. The first kappa shape index (κ1) is 20.5. The molecule has 2 aromatic rings. The van der Waals surface area contributed by atoms with E-state index in [2.05, 4.69) is 13.2 Å². The Hall–Kier alpha value is -2.77. The van der Waals surface area contributed by atoms with Gasteiger partial charge in [0, 0.05) is 34.9 Å². The molecule has 2 aliphatic heterocycles. The number of carbonyl (C=O) groups is 1. The summed E-state index contributed by atoms with van der Waals surface area (Å²) < 4.78 is 12.7. The van der Waals surface area contributed by atoms with Crippen LogP contribution in [-0.4, -0.2) is 54.0 Å². The average molecular weight is 424 g/mol. The van der Waals surface area contributed by atoms with E-state index < -0.39 is 0 Å². The van der Waals surface area contributed by atoms with Gasteiger partial charge in [-0.15, -0.1) is 11.8 Å². The van der Waals surface area contributed by atoms with Gasteiger partial charge in [-0.2, -0.15) is 5.10 Å². The number of methoxy groups -OCH3 is 1. The molecule has 1 saturated heterocycles. The number of ether oxygens (including phenoxy) is 2. The largest absolute Gasteiger partial charge is 0.497 e. The van der Waals surface area contributed by atoms with Crippen LogP contribution in [0.2, 0.25) is 0 Å². The van der Waals surface area contributed by atoms with Crippen LogP contribution in [0.4, 0.5) is 0 Å². The summed E-state index contributed by atoms with van der Waals surface area (Å²) in [4.78, 5) is 16.2. The van der Waals surface area contributed by atoms with Gasteiger partial charge in [-0.3, -0.25) is 9.48 Å². The molecule has 0 atom stereocenters. The van der Waals surface area contributed by atoms with E-state index in [1.807, 2.05) is 46.0 Å². The fourth-order valence-corrected chi connectivity index (χ4v) is 4.82. The first-order chi connectivity index (χ1) is 14.7. The third kappa shape index (κ3) is 3.82. The molecule has 0 spiro atoms. The normalized spacial score (nSPS) is 16.2. The number of carbonyl (C=O) groups excluding carboxylic acids is 1. The zero-order valence-corrected chi connectivity index (χ0v) is 17.9. The molecule has 1 aromatic heterocycles. The van der Waals surface area contributed by atoms with Crippen LogP contribution in [-0.2, 0) is 17.0 Å². The molecule has 30 heavy (non-hydrogen) atoms. The predicted molar refractivity (Wildman–Crippen MR) is 120 cm³/mol. The predicted octanol–water partition coefficient (Wildman–Crippen LogP) is 3.74. The van der Waals surface area contributed by atoms with Crippen molar-refractivity contribution in [2.24, 2.45) is 0 Å². The van der Waals surface area contributed by atoms with Crippen LogP contribution in [0.25, 0.3) is 5.57 Å². The van der Waals surface area contributed by atoms with E-state index in [1.165, 1.54) is 0 Å². The Morgan fingerprint density at radius 2 is 2.10 bits per heavy atom. The molecule has 1 amide bonds. The Balaban J connectivity index is 1.80. The number of rotatable bonds is 6. The minimum absolute atomic E-state index is 0.0370. The summed E-state index contributed by atoms with van der Waals surface area (Å²) in [5, 5.41) is 4.80. The molecule has 0 N–H and O–H groups in total. The molecule has 0 aliphatic carbocycles. The number of hydrogen-bond acceptors (Lipinski definition) is 5. The highest BCUT2D eigenvalue weighted by Crippen LogP contribution is 2.41. The Morgan fingerprint density at radius 1 is 1.30 bits per heavy atom. The molecule has 0 saturated carbocycles. The van der Waals surface area contributed by atoms with E-state index in [1.54, 1.807) is 18.9 Å². The van der Waals surface area contributed by atoms with Crippen molar-refractivity contribution in [1.29, 1.82) is 0 Å². The monoisotopic (exact) mass is 423 g/mol.